The van der Waals surface area contributed by atoms with Crippen LogP contribution in [-0.2, 0) is 21.2 Å². The Bertz CT molecular complexity index is 726. The first kappa shape index (κ1) is 18.2. The van der Waals surface area contributed by atoms with Gasteiger partial charge in [-0.2, -0.15) is 4.31 Å². The number of nitrogens with zero attached hydrogens (tertiary/aromatic N) is 3. The van der Waals surface area contributed by atoms with Crippen LogP contribution in [0.4, 0.5) is 5.69 Å². The van der Waals surface area contributed by atoms with Crippen molar-refractivity contribution in [2.24, 2.45) is 0 Å². The van der Waals surface area contributed by atoms with Crippen molar-refractivity contribution in [3.63, 3.8) is 0 Å². The number of ether oxygens (including phenoxy) is 1. The van der Waals surface area contributed by atoms with Gasteiger partial charge >= 0.3 is 0 Å². The van der Waals surface area contributed by atoms with Crippen LogP contribution in [0.25, 0.3) is 0 Å². The Hall–Kier alpha value is -1.15. The van der Waals surface area contributed by atoms with Gasteiger partial charge in [0.15, 0.2) is 0 Å². The molecule has 3 aliphatic heterocycles. The first-order chi connectivity index (χ1) is 12.6. The summed E-state index contributed by atoms with van der Waals surface area (Å²) in [5, 5.41) is 0. The maximum absolute atomic E-state index is 12.9. The summed E-state index contributed by atoms with van der Waals surface area (Å²) in [5.74, 6) is 0. The van der Waals surface area contributed by atoms with Gasteiger partial charge in [0.1, 0.15) is 0 Å². The highest BCUT2D eigenvalue weighted by molar-refractivity contribution is 7.89. The van der Waals surface area contributed by atoms with E-state index in [0.717, 1.165) is 77.3 Å². The molecule has 3 heterocycles. The molecule has 7 heteroatoms. The second kappa shape index (κ2) is 7.84. The minimum absolute atomic E-state index is 0.457. The third-order valence-corrected chi connectivity index (χ3v) is 7.65. The van der Waals surface area contributed by atoms with Crippen LogP contribution >= 0.6 is 0 Å². The van der Waals surface area contributed by atoms with E-state index >= 15 is 0 Å². The van der Waals surface area contributed by atoms with E-state index < -0.39 is 10.0 Å². The fourth-order valence-electron chi connectivity index (χ4n) is 4.21. The zero-order valence-electron chi connectivity index (χ0n) is 15.4. The lowest BCUT2D eigenvalue weighted by atomic mass is 10.2. The van der Waals surface area contributed by atoms with Crippen LogP contribution in [0.3, 0.4) is 0 Å². The fraction of sp³-hybridized carbons (Fsp3) is 0.684. The summed E-state index contributed by atoms with van der Waals surface area (Å²) >= 11 is 0. The highest BCUT2D eigenvalue weighted by Gasteiger charge is 2.29. The quantitative estimate of drug-likeness (QED) is 0.751. The Morgan fingerprint density at radius 2 is 1.73 bits per heavy atom. The highest BCUT2D eigenvalue weighted by Crippen LogP contribution is 2.32. The van der Waals surface area contributed by atoms with Gasteiger partial charge in [0.05, 0.1) is 18.1 Å². The molecular formula is C19H29N3O3S. The molecular weight excluding hydrogens is 350 g/mol. The number of hydrogen-bond donors (Lipinski definition) is 0. The summed E-state index contributed by atoms with van der Waals surface area (Å²) in [7, 11) is -3.34. The van der Waals surface area contributed by atoms with Crippen molar-refractivity contribution in [2.75, 3.05) is 63.9 Å². The molecule has 1 aromatic rings. The number of fused-ring (bicyclic) bond motifs is 1. The number of sulfonamides is 1. The van der Waals surface area contributed by atoms with Gasteiger partial charge in [-0.15, -0.1) is 0 Å². The maximum atomic E-state index is 12.9. The normalized spacial score (nSPS) is 22.1. The number of rotatable bonds is 6. The van der Waals surface area contributed by atoms with Crippen LogP contribution in [0.15, 0.2) is 23.1 Å². The molecule has 0 spiro atoms. The second-order valence-corrected chi connectivity index (χ2v) is 9.38. The van der Waals surface area contributed by atoms with Crippen molar-refractivity contribution < 1.29 is 13.2 Å². The van der Waals surface area contributed by atoms with Crippen molar-refractivity contribution in [3.8, 4) is 0 Å². The van der Waals surface area contributed by atoms with E-state index in [1.54, 1.807) is 10.4 Å². The van der Waals surface area contributed by atoms with E-state index in [1.807, 2.05) is 12.1 Å². The summed E-state index contributed by atoms with van der Waals surface area (Å²) in [4.78, 5) is 5.27. The first-order valence-corrected chi connectivity index (χ1v) is 11.3. The van der Waals surface area contributed by atoms with Gasteiger partial charge in [-0.3, -0.25) is 4.90 Å². The van der Waals surface area contributed by atoms with E-state index in [4.69, 9.17) is 4.74 Å². The van der Waals surface area contributed by atoms with Gasteiger partial charge < -0.3 is 9.64 Å². The van der Waals surface area contributed by atoms with Crippen molar-refractivity contribution in [1.82, 2.24) is 9.21 Å². The monoisotopic (exact) mass is 379 g/mol. The Morgan fingerprint density at radius 3 is 2.50 bits per heavy atom. The lowest BCUT2D eigenvalue weighted by molar-refractivity contribution is 0.0376. The molecule has 0 amide bonds. The minimum Gasteiger partial charge on any atom is -0.379 e. The SMILES string of the molecule is O=S(=O)(c1ccc2c(c1)N(CCCN1CCOCC1)CC2)N1CCCC1. The highest BCUT2D eigenvalue weighted by atomic mass is 32.2. The van der Waals surface area contributed by atoms with Crippen LogP contribution < -0.4 is 4.90 Å². The van der Waals surface area contributed by atoms with Crippen LogP contribution in [0, 0.1) is 0 Å². The topological polar surface area (TPSA) is 53.1 Å². The molecule has 1 aromatic carbocycles. The van der Waals surface area contributed by atoms with Gasteiger partial charge in [0.25, 0.3) is 0 Å². The predicted octanol–water partition coefficient (Wildman–Crippen LogP) is 1.56. The van der Waals surface area contributed by atoms with Crippen LogP contribution in [-0.4, -0.2) is 76.6 Å². The van der Waals surface area contributed by atoms with Crippen molar-refractivity contribution in [2.45, 2.75) is 30.6 Å². The van der Waals surface area contributed by atoms with E-state index in [9.17, 15) is 8.42 Å². The molecule has 0 radical (unpaired) electrons. The lowest BCUT2D eigenvalue weighted by Crippen LogP contribution is -2.38. The summed E-state index contributed by atoms with van der Waals surface area (Å²) in [6.45, 7) is 8.09. The number of anilines is 1. The third-order valence-electron chi connectivity index (χ3n) is 5.76. The molecule has 2 fully saturated rings. The summed E-state index contributed by atoms with van der Waals surface area (Å²) in [6.07, 6.45) is 4.05. The second-order valence-electron chi connectivity index (χ2n) is 7.45. The summed E-state index contributed by atoms with van der Waals surface area (Å²) in [5.41, 5.74) is 2.39. The number of benzene rings is 1. The Kier molecular flexibility index (Phi) is 5.50. The van der Waals surface area contributed by atoms with Crippen molar-refractivity contribution in [3.05, 3.63) is 23.8 Å². The molecule has 0 bridgehead atoms. The van der Waals surface area contributed by atoms with Crippen molar-refractivity contribution >= 4 is 15.7 Å². The van der Waals surface area contributed by atoms with Crippen molar-refractivity contribution in [1.29, 1.82) is 0 Å². The van der Waals surface area contributed by atoms with E-state index in [2.05, 4.69) is 9.80 Å². The maximum Gasteiger partial charge on any atom is 0.243 e. The molecule has 4 rings (SSSR count). The molecule has 6 nitrogen and oxygen atoms in total. The van der Waals surface area contributed by atoms with Gasteiger partial charge in [-0.05, 0) is 43.4 Å². The standard InChI is InChI=1S/C19H29N3O3S/c23-26(24,22-9-1-2-10-22)18-5-4-17-6-11-21(19(17)16-18)8-3-7-20-12-14-25-15-13-20/h4-5,16H,1-3,6-15H2. The molecule has 0 atom stereocenters. The number of morpholine rings is 1. The van der Waals surface area contributed by atoms with E-state index in [-0.39, 0.29) is 0 Å². The first-order valence-electron chi connectivity index (χ1n) is 9.83. The molecule has 0 N–H and O–H groups in total. The molecule has 2 saturated heterocycles. The third kappa shape index (κ3) is 3.76. The Labute approximate surface area is 156 Å². The average Bonchev–Trinajstić information content (AvgIpc) is 3.33. The largest absolute Gasteiger partial charge is 0.379 e. The zero-order chi connectivity index (χ0) is 18.0. The van der Waals surface area contributed by atoms with Gasteiger partial charge in [-0.25, -0.2) is 8.42 Å². The molecule has 0 saturated carbocycles. The smallest absolute Gasteiger partial charge is 0.243 e. The predicted molar refractivity (Wildman–Crippen MR) is 102 cm³/mol. The van der Waals surface area contributed by atoms with Gasteiger partial charge in [-0.1, -0.05) is 6.07 Å². The minimum atomic E-state index is -3.34. The molecule has 0 unspecified atom stereocenters. The molecule has 3 aliphatic rings. The Morgan fingerprint density at radius 1 is 0.962 bits per heavy atom. The van der Waals surface area contributed by atoms with Crippen LogP contribution in [0.1, 0.15) is 24.8 Å². The van der Waals surface area contributed by atoms with E-state index in [1.165, 1.54) is 5.56 Å². The van der Waals surface area contributed by atoms with Gasteiger partial charge in [0, 0.05) is 51.5 Å². The molecule has 26 heavy (non-hydrogen) atoms. The van der Waals surface area contributed by atoms with E-state index in [0.29, 0.717) is 18.0 Å². The molecule has 0 aliphatic carbocycles. The lowest BCUT2D eigenvalue weighted by Gasteiger charge is -2.28. The fourth-order valence-corrected chi connectivity index (χ4v) is 5.74. The molecule has 144 valence electrons. The van der Waals surface area contributed by atoms with Crippen LogP contribution in [0.2, 0.25) is 0 Å². The average molecular weight is 380 g/mol. The summed E-state index contributed by atoms with van der Waals surface area (Å²) in [6, 6.07) is 5.72. The number of hydrogen-bond acceptors (Lipinski definition) is 5. The summed E-state index contributed by atoms with van der Waals surface area (Å²) < 4.78 is 32.7. The Balaban J connectivity index is 1.42. The molecule has 0 aromatic heterocycles. The van der Waals surface area contributed by atoms with Gasteiger partial charge in [0.2, 0.25) is 10.0 Å². The zero-order valence-corrected chi connectivity index (χ0v) is 16.2. The van der Waals surface area contributed by atoms with Crippen LogP contribution in [0.5, 0.6) is 0 Å².